The second kappa shape index (κ2) is 7.36. The Balaban J connectivity index is 3.91. The maximum Gasteiger partial charge on any atom is 0.388 e. The van der Waals surface area contributed by atoms with E-state index in [0.29, 0.717) is 6.04 Å². The molecule has 0 spiro atoms. The SMILES string of the molecule is CCCCCC[Si](C)(CC)CCC(F)(F)F. The van der Waals surface area contributed by atoms with Crippen molar-refractivity contribution in [3.63, 3.8) is 0 Å². The van der Waals surface area contributed by atoms with E-state index in [1.165, 1.54) is 19.3 Å². The fraction of sp³-hybridized carbons (Fsp3) is 1.00. The molecule has 1 atom stereocenters. The number of alkyl halides is 3. The van der Waals surface area contributed by atoms with Crippen molar-refractivity contribution < 1.29 is 13.2 Å². The van der Waals surface area contributed by atoms with Gasteiger partial charge < -0.3 is 0 Å². The van der Waals surface area contributed by atoms with Crippen molar-refractivity contribution >= 4 is 8.07 Å². The van der Waals surface area contributed by atoms with Gasteiger partial charge in [-0.05, 0) is 6.04 Å². The van der Waals surface area contributed by atoms with Gasteiger partial charge in [0.2, 0.25) is 0 Å². The summed E-state index contributed by atoms with van der Waals surface area (Å²) < 4.78 is 36.6. The number of hydrogen-bond donors (Lipinski definition) is 0. The summed E-state index contributed by atoms with van der Waals surface area (Å²) in [6.45, 7) is 6.34. The van der Waals surface area contributed by atoms with E-state index >= 15 is 0 Å². The van der Waals surface area contributed by atoms with E-state index in [0.717, 1.165) is 18.5 Å². The van der Waals surface area contributed by atoms with Crippen molar-refractivity contribution in [1.29, 1.82) is 0 Å². The summed E-state index contributed by atoms with van der Waals surface area (Å²) in [6.07, 6.45) is 0.179. The van der Waals surface area contributed by atoms with Crippen LogP contribution in [0.2, 0.25) is 24.7 Å². The quantitative estimate of drug-likeness (QED) is 0.389. The van der Waals surface area contributed by atoms with E-state index < -0.39 is 20.7 Å². The van der Waals surface area contributed by atoms with Crippen LogP contribution >= 0.6 is 0 Å². The molecular formula is C12H25F3Si. The molecule has 0 rings (SSSR count). The van der Waals surface area contributed by atoms with Gasteiger partial charge in [0.25, 0.3) is 0 Å². The maximum atomic E-state index is 12.2. The van der Waals surface area contributed by atoms with Crippen LogP contribution in [0.1, 0.15) is 46.0 Å². The van der Waals surface area contributed by atoms with Gasteiger partial charge in [0, 0.05) is 6.42 Å². The van der Waals surface area contributed by atoms with Crippen LogP contribution in [-0.2, 0) is 0 Å². The summed E-state index contributed by atoms with van der Waals surface area (Å²) in [6, 6.07) is 2.47. The number of hydrogen-bond acceptors (Lipinski definition) is 0. The van der Waals surface area contributed by atoms with Gasteiger partial charge in [-0.25, -0.2) is 0 Å². The Morgan fingerprint density at radius 2 is 1.56 bits per heavy atom. The Morgan fingerprint density at radius 3 is 2.00 bits per heavy atom. The highest BCUT2D eigenvalue weighted by atomic mass is 28.3. The van der Waals surface area contributed by atoms with Gasteiger partial charge >= 0.3 is 6.18 Å². The third kappa shape index (κ3) is 8.19. The average Bonchev–Trinajstić information content (AvgIpc) is 2.21. The molecule has 0 N–H and O–H groups in total. The molecule has 0 aliphatic heterocycles. The smallest absolute Gasteiger partial charge is 0.171 e. The molecule has 0 heterocycles. The molecule has 1 unspecified atom stereocenters. The fourth-order valence-corrected chi connectivity index (χ4v) is 4.85. The summed E-state index contributed by atoms with van der Waals surface area (Å²) in [7, 11) is -1.60. The minimum atomic E-state index is -3.97. The lowest BCUT2D eigenvalue weighted by Crippen LogP contribution is -2.30. The first kappa shape index (κ1) is 16.0. The van der Waals surface area contributed by atoms with Crippen LogP contribution < -0.4 is 0 Å². The first-order valence-corrected chi connectivity index (χ1v) is 9.52. The zero-order valence-corrected chi connectivity index (χ0v) is 11.8. The summed E-state index contributed by atoms with van der Waals surface area (Å²) in [5, 5.41) is 0. The van der Waals surface area contributed by atoms with Gasteiger partial charge in [0.05, 0.1) is 8.07 Å². The topological polar surface area (TPSA) is 0 Å². The lowest BCUT2D eigenvalue weighted by Gasteiger charge is -2.26. The van der Waals surface area contributed by atoms with Crippen molar-refractivity contribution in [3.8, 4) is 0 Å². The normalized spacial score (nSPS) is 16.1. The second-order valence-corrected chi connectivity index (χ2v) is 10.4. The van der Waals surface area contributed by atoms with Crippen LogP contribution in [0.5, 0.6) is 0 Å². The zero-order valence-electron chi connectivity index (χ0n) is 10.8. The summed E-state index contributed by atoms with van der Waals surface area (Å²) >= 11 is 0. The molecule has 0 aromatic heterocycles. The van der Waals surface area contributed by atoms with Crippen molar-refractivity contribution in [1.82, 2.24) is 0 Å². The fourth-order valence-electron chi connectivity index (χ4n) is 1.90. The zero-order chi connectivity index (χ0) is 12.7. The average molecular weight is 254 g/mol. The Morgan fingerprint density at radius 1 is 0.938 bits per heavy atom. The molecule has 0 aromatic rings. The Labute approximate surface area is 98.6 Å². The van der Waals surface area contributed by atoms with E-state index in [-0.39, 0.29) is 0 Å². The molecule has 98 valence electrons. The van der Waals surface area contributed by atoms with E-state index in [1.54, 1.807) is 0 Å². The Hall–Kier alpha value is 0.00688. The molecule has 0 aliphatic carbocycles. The highest BCUT2D eigenvalue weighted by Gasteiger charge is 2.33. The maximum absolute atomic E-state index is 12.2. The van der Waals surface area contributed by atoms with Crippen molar-refractivity contribution in [2.75, 3.05) is 0 Å². The van der Waals surface area contributed by atoms with Crippen LogP contribution in [0.3, 0.4) is 0 Å². The molecule has 4 heteroatoms. The third-order valence-electron chi connectivity index (χ3n) is 3.50. The predicted molar refractivity (Wildman–Crippen MR) is 66.5 cm³/mol. The van der Waals surface area contributed by atoms with Gasteiger partial charge in [-0.2, -0.15) is 13.2 Å². The lowest BCUT2D eigenvalue weighted by molar-refractivity contribution is -0.130. The van der Waals surface area contributed by atoms with Crippen molar-refractivity contribution in [2.24, 2.45) is 0 Å². The lowest BCUT2D eigenvalue weighted by atomic mass is 10.2. The first-order chi connectivity index (χ1) is 7.33. The number of halogens is 3. The molecule has 0 nitrogen and oxygen atoms in total. The van der Waals surface area contributed by atoms with Gasteiger partial charge in [-0.3, -0.25) is 0 Å². The van der Waals surface area contributed by atoms with E-state index in [9.17, 15) is 13.2 Å². The van der Waals surface area contributed by atoms with E-state index in [4.69, 9.17) is 0 Å². The number of unbranched alkanes of at least 4 members (excludes halogenated alkanes) is 3. The molecule has 0 bridgehead atoms. The van der Waals surface area contributed by atoms with Crippen molar-refractivity contribution in [3.05, 3.63) is 0 Å². The van der Waals surface area contributed by atoms with Gasteiger partial charge in [-0.15, -0.1) is 0 Å². The van der Waals surface area contributed by atoms with Gasteiger partial charge in [0.1, 0.15) is 0 Å². The summed E-state index contributed by atoms with van der Waals surface area (Å²) in [4.78, 5) is 0. The molecule has 0 saturated heterocycles. The number of rotatable bonds is 8. The molecule has 0 aliphatic rings. The molecule has 0 aromatic carbocycles. The van der Waals surface area contributed by atoms with E-state index in [2.05, 4.69) is 20.4 Å². The largest absolute Gasteiger partial charge is 0.388 e. The molecule has 0 fully saturated rings. The molecule has 0 amide bonds. The molecule has 0 radical (unpaired) electrons. The van der Waals surface area contributed by atoms with Gasteiger partial charge in [-0.1, -0.05) is 58.2 Å². The third-order valence-corrected chi connectivity index (χ3v) is 8.22. The first-order valence-electron chi connectivity index (χ1n) is 6.40. The molecule has 0 saturated carbocycles. The minimum Gasteiger partial charge on any atom is -0.171 e. The van der Waals surface area contributed by atoms with E-state index in [1.807, 2.05) is 0 Å². The van der Waals surface area contributed by atoms with Crippen LogP contribution in [0.25, 0.3) is 0 Å². The van der Waals surface area contributed by atoms with Crippen LogP contribution in [0, 0.1) is 0 Å². The molecular weight excluding hydrogens is 229 g/mol. The van der Waals surface area contributed by atoms with Crippen LogP contribution in [-0.4, -0.2) is 14.3 Å². The minimum absolute atomic E-state index is 0.416. The van der Waals surface area contributed by atoms with Crippen molar-refractivity contribution in [2.45, 2.75) is 76.8 Å². The van der Waals surface area contributed by atoms with Crippen LogP contribution in [0.4, 0.5) is 13.2 Å². The summed E-state index contributed by atoms with van der Waals surface area (Å²) in [5.41, 5.74) is 0. The highest BCUT2D eigenvalue weighted by Crippen LogP contribution is 2.31. The Kier molecular flexibility index (Phi) is 7.36. The second-order valence-electron chi connectivity index (χ2n) is 5.09. The van der Waals surface area contributed by atoms with Gasteiger partial charge in [0.15, 0.2) is 0 Å². The standard InChI is InChI=1S/C12H25F3Si/c1-4-6-7-8-10-16(3,5-2)11-9-12(13,14)15/h4-11H2,1-3H3. The molecule has 16 heavy (non-hydrogen) atoms. The summed E-state index contributed by atoms with van der Waals surface area (Å²) in [5.74, 6) is 0. The monoisotopic (exact) mass is 254 g/mol. The predicted octanol–water partition coefficient (Wildman–Crippen LogP) is 5.62. The Bertz CT molecular complexity index is 180. The highest BCUT2D eigenvalue weighted by molar-refractivity contribution is 6.78. The van der Waals surface area contributed by atoms with Crippen LogP contribution in [0.15, 0.2) is 0 Å².